The van der Waals surface area contributed by atoms with Crippen LogP contribution in [0.5, 0.6) is 0 Å². The number of anilines is 1. The van der Waals surface area contributed by atoms with Gasteiger partial charge in [0.1, 0.15) is 11.9 Å². The number of amides is 1. The van der Waals surface area contributed by atoms with Crippen LogP contribution in [0.3, 0.4) is 0 Å². The summed E-state index contributed by atoms with van der Waals surface area (Å²) in [6.07, 6.45) is 3.51. The van der Waals surface area contributed by atoms with E-state index >= 15 is 0 Å². The van der Waals surface area contributed by atoms with Crippen molar-refractivity contribution in [3.05, 3.63) is 65.7 Å². The van der Waals surface area contributed by atoms with Crippen molar-refractivity contribution in [3.8, 4) is 0 Å². The van der Waals surface area contributed by atoms with Gasteiger partial charge in [-0.25, -0.2) is 4.98 Å². The van der Waals surface area contributed by atoms with E-state index in [0.717, 1.165) is 38.7 Å². The molecule has 1 saturated heterocycles. The maximum atomic E-state index is 13.6. The molecule has 9 heteroatoms. The first kappa shape index (κ1) is 22.0. The predicted molar refractivity (Wildman–Crippen MR) is 138 cm³/mol. The lowest BCUT2D eigenvalue weighted by Gasteiger charge is -2.42. The van der Waals surface area contributed by atoms with Gasteiger partial charge in [-0.2, -0.15) is 0 Å². The van der Waals surface area contributed by atoms with Crippen LogP contribution in [-0.4, -0.2) is 55.5 Å². The summed E-state index contributed by atoms with van der Waals surface area (Å²) in [4.78, 5) is 31.3. The van der Waals surface area contributed by atoms with Crippen molar-refractivity contribution in [3.63, 3.8) is 0 Å². The number of aromatic amines is 2. The van der Waals surface area contributed by atoms with Gasteiger partial charge in [0.15, 0.2) is 0 Å². The van der Waals surface area contributed by atoms with Crippen LogP contribution in [0, 0.1) is 0 Å². The number of morpholine rings is 1. The van der Waals surface area contributed by atoms with Gasteiger partial charge in [0, 0.05) is 28.5 Å². The van der Waals surface area contributed by atoms with E-state index in [4.69, 9.17) is 21.3 Å². The molecule has 1 fully saturated rings. The van der Waals surface area contributed by atoms with Gasteiger partial charge in [0.2, 0.25) is 5.91 Å². The van der Waals surface area contributed by atoms with E-state index in [1.54, 1.807) is 18.5 Å². The Morgan fingerprint density at radius 2 is 2.06 bits per heavy atom. The Balaban J connectivity index is 1.31. The molecule has 0 bridgehead atoms. The zero-order valence-corrected chi connectivity index (χ0v) is 20.2. The van der Waals surface area contributed by atoms with Crippen molar-refractivity contribution in [1.82, 2.24) is 24.8 Å². The average molecular weight is 489 g/mol. The van der Waals surface area contributed by atoms with Crippen LogP contribution in [0.2, 0.25) is 5.02 Å². The molecule has 0 unspecified atom stereocenters. The molecule has 3 N–H and O–H groups in total. The molecule has 4 heterocycles. The van der Waals surface area contributed by atoms with Crippen LogP contribution in [-0.2, 0) is 16.1 Å². The van der Waals surface area contributed by atoms with Crippen LogP contribution in [0.25, 0.3) is 32.8 Å². The summed E-state index contributed by atoms with van der Waals surface area (Å²) < 4.78 is 6.05. The minimum atomic E-state index is -0.490. The Bertz CT molecular complexity index is 1540. The number of H-pyrrole nitrogens is 2. The van der Waals surface area contributed by atoms with Crippen LogP contribution < -0.4 is 5.32 Å². The van der Waals surface area contributed by atoms with Gasteiger partial charge in [-0.05, 0) is 44.2 Å². The molecule has 0 spiro atoms. The number of aromatic nitrogens is 4. The number of rotatable bonds is 4. The average Bonchev–Trinajstić information content (AvgIpc) is 3.39. The van der Waals surface area contributed by atoms with E-state index in [0.29, 0.717) is 23.8 Å². The summed E-state index contributed by atoms with van der Waals surface area (Å²) >= 11 is 6.43. The Labute approximate surface area is 206 Å². The molecule has 5 aromatic rings. The second-order valence-electron chi connectivity index (χ2n) is 9.60. The van der Waals surface area contributed by atoms with Gasteiger partial charge in [-0.15, -0.1) is 0 Å². The quantitative estimate of drug-likeness (QED) is 0.335. The highest BCUT2D eigenvalue weighted by molar-refractivity contribution is 6.33. The van der Waals surface area contributed by atoms with Crippen molar-refractivity contribution in [2.75, 3.05) is 18.5 Å². The van der Waals surface area contributed by atoms with Gasteiger partial charge in [-0.3, -0.25) is 14.7 Å². The van der Waals surface area contributed by atoms with Crippen LogP contribution in [0.4, 0.5) is 5.69 Å². The van der Waals surface area contributed by atoms with Crippen LogP contribution >= 0.6 is 11.6 Å². The zero-order valence-electron chi connectivity index (χ0n) is 19.4. The lowest BCUT2D eigenvalue weighted by Crippen LogP contribution is -2.57. The van der Waals surface area contributed by atoms with Gasteiger partial charge in [0.25, 0.3) is 0 Å². The molecule has 1 amide bonds. The molecule has 178 valence electrons. The number of carbonyl (C=O) groups is 1. The van der Waals surface area contributed by atoms with E-state index < -0.39 is 6.04 Å². The number of para-hydroxylation sites is 2. The lowest BCUT2D eigenvalue weighted by atomic mass is 10.0. The fraction of sp³-hybridized carbons (Fsp3) is 0.269. The minimum Gasteiger partial charge on any atom is -0.372 e. The van der Waals surface area contributed by atoms with E-state index in [1.165, 1.54) is 0 Å². The summed E-state index contributed by atoms with van der Waals surface area (Å²) in [6, 6.07) is 13.0. The highest BCUT2D eigenvalue weighted by Crippen LogP contribution is 2.33. The van der Waals surface area contributed by atoms with Gasteiger partial charge < -0.3 is 20.0 Å². The standard InChI is InChI=1S/C26H25ClN6O2/c1-26(2)14-33(12-23-29-18-5-3-4-6-19(18)30-23)22(13-35-26)25(34)32-20-10-15(27)9-17-16-7-8-28-11-21(16)31-24(17)20/h3-11,22,31H,12-14H2,1-2H3,(H,29,30)(H,32,34)/t22-/m0/s1. The number of ether oxygens (including phenoxy) is 1. The molecule has 1 aliphatic heterocycles. The first-order chi connectivity index (χ1) is 16.9. The molecule has 35 heavy (non-hydrogen) atoms. The molecule has 6 rings (SSSR count). The monoisotopic (exact) mass is 488 g/mol. The third-order valence-corrected chi connectivity index (χ3v) is 6.70. The highest BCUT2D eigenvalue weighted by Gasteiger charge is 2.38. The maximum Gasteiger partial charge on any atom is 0.244 e. The molecule has 0 aliphatic carbocycles. The van der Waals surface area contributed by atoms with E-state index in [9.17, 15) is 4.79 Å². The summed E-state index contributed by atoms with van der Waals surface area (Å²) in [5.41, 5.74) is 3.83. The number of imidazole rings is 1. The summed E-state index contributed by atoms with van der Waals surface area (Å²) in [6.45, 7) is 5.44. The maximum absolute atomic E-state index is 13.6. The number of halogens is 1. The summed E-state index contributed by atoms with van der Waals surface area (Å²) in [5.74, 6) is 0.659. The summed E-state index contributed by atoms with van der Waals surface area (Å²) in [5, 5.41) is 5.58. The first-order valence-electron chi connectivity index (χ1n) is 11.5. The second-order valence-corrected chi connectivity index (χ2v) is 10.0. The van der Waals surface area contributed by atoms with Crippen molar-refractivity contribution in [2.24, 2.45) is 0 Å². The lowest BCUT2D eigenvalue weighted by molar-refractivity contribution is -0.144. The molecule has 1 atom stereocenters. The normalized spacial score (nSPS) is 18.4. The van der Waals surface area contributed by atoms with Crippen molar-refractivity contribution >= 4 is 56.0 Å². The summed E-state index contributed by atoms with van der Waals surface area (Å²) in [7, 11) is 0. The Morgan fingerprint density at radius 3 is 2.91 bits per heavy atom. The van der Waals surface area contributed by atoms with Crippen molar-refractivity contribution in [2.45, 2.75) is 32.0 Å². The SMILES string of the molecule is CC1(C)CN(Cc2nc3ccccc3[nH]2)[C@H](C(=O)Nc2cc(Cl)cc3c2[nH]c2cnccc23)CO1. The number of carbonyl (C=O) groups excluding carboxylic acids is 1. The first-order valence-corrected chi connectivity index (χ1v) is 11.9. The minimum absolute atomic E-state index is 0.156. The molecule has 3 aromatic heterocycles. The molecule has 0 radical (unpaired) electrons. The van der Waals surface area contributed by atoms with Crippen LogP contribution in [0.15, 0.2) is 54.9 Å². The van der Waals surface area contributed by atoms with Gasteiger partial charge >= 0.3 is 0 Å². The van der Waals surface area contributed by atoms with Gasteiger partial charge in [-0.1, -0.05) is 23.7 Å². The third-order valence-electron chi connectivity index (χ3n) is 6.48. The number of pyridine rings is 1. The van der Waals surface area contributed by atoms with E-state index in [1.807, 2.05) is 50.2 Å². The fourth-order valence-electron chi connectivity index (χ4n) is 4.87. The number of nitrogens with zero attached hydrogens (tertiary/aromatic N) is 3. The molecule has 0 saturated carbocycles. The van der Waals surface area contributed by atoms with E-state index in [2.05, 4.69) is 25.2 Å². The second kappa shape index (κ2) is 8.34. The predicted octanol–water partition coefficient (Wildman–Crippen LogP) is 4.86. The Hall–Kier alpha value is -3.46. The van der Waals surface area contributed by atoms with Crippen molar-refractivity contribution in [1.29, 1.82) is 0 Å². The number of fused-ring (bicyclic) bond motifs is 4. The highest BCUT2D eigenvalue weighted by atomic mass is 35.5. The molecular formula is C26H25ClN6O2. The van der Waals surface area contributed by atoms with Gasteiger partial charge in [0.05, 0.1) is 52.7 Å². The third kappa shape index (κ3) is 4.14. The molecule has 2 aromatic carbocycles. The molecular weight excluding hydrogens is 464 g/mol. The number of benzene rings is 2. The smallest absolute Gasteiger partial charge is 0.244 e. The molecule has 8 nitrogen and oxygen atoms in total. The molecule has 1 aliphatic rings. The van der Waals surface area contributed by atoms with Crippen molar-refractivity contribution < 1.29 is 9.53 Å². The Kier molecular flexibility index (Phi) is 5.25. The number of hydrogen-bond donors (Lipinski definition) is 3. The number of hydrogen-bond acceptors (Lipinski definition) is 5. The largest absolute Gasteiger partial charge is 0.372 e. The zero-order chi connectivity index (χ0) is 24.2. The fourth-order valence-corrected chi connectivity index (χ4v) is 5.09. The Morgan fingerprint density at radius 1 is 1.20 bits per heavy atom. The topological polar surface area (TPSA) is 98.9 Å². The van der Waals surface area contributed by atoms with E-state index in [-0.39, 0.29) is 18.1 Å². The number of nitrogens with one attached hydrogen (secondary N) is 3. The van der Waals surface area contributed by atoms with Crippen LogP contribution in [0.1, 0.15) is 19.7 Å².